The van der Waals surface area contributed by atoms with E-state index in [0.717, 1.165) is 5.69 Å². The first-order chi connectivity index (χ1) is 9.58. The van der Waals surface area contributed by atoms with Gasteiger partial charge in [0.15, 0.2) is 0 Å². The standard InChI is InChI=1S/C15H22ClN3O2/c1-9(2)11-6-10(7-12(16)18-11)14(21)17-8-13(20)19-15(3,4)5/h6-7,9H,8H2,1-5H3,(H,17,21)(H,19,20). The second-order valence-corrected chi connectivity index (χ2v) is 6.63. The molecule has 1 rings (SSSR count). The SMILES string of the molecule is CC(C)c1cc(C(=O)NCC(=O)NC(C)(C)C)cc(Cl)n1. The van der Waals surface area contributed by atoms with Gasteiger partial charge in [-0.05, 0) is 38.8 Å². The van der Waals surface area contributed by atoms with Gasteiger partial charge in [-0.1, -0.05) is 25.4 Å². The highest BCUT2D eigenvalue weighted by atomic mass is 35.5. The zero-order valence-electron chi connectivity index (χ0n) is 13.1. The summed E-state index contributed by atoms with van der Waals surface area (Å²) >= 11 is 5.92. The first-order valence-corrected chi connectivity index (χ1v) is 7.23. The maximum Gasteiger partial charge on any atom is 0.251 e. The highest BCUT2D eigenvalue weighted by molar-refractivity contribution is 6.29. The Hall–Kier alpha value is -1.62. The summed E-state index contributed by atoms with van der Waals surface area (Å²) in [6, 6.07) is 3.18. The molecule has 0 unspecified atom stereocenters. The number of hydrogen-bond donors (Lipinski definition) is 2. The molecule has 0 aliphatic carbocycles. The van der Waals surface area contributed by atoms with Crippen LogP contribution in [0.25, 0.3) is 0 Å². The second-order valence-electron chi connectivity index (χ2n) is 6.24. The molecule has 116 valence electrons. The summed E-state index contributed by atoms with van der Waals surface area (Å²) in [5, 5.41) is 5.62. The number of aromatic nitrogens is 1. The Balaban J connectivity index is 2.70. The Bertz CT molecular complexity index is 536. The van der Waals surface area contributed by atoms with Crippen LogP contribution < -0.4 is 10.6 Å². The van der Waals surface area contributed by atoms with Crippen molar-refractivity contribution in [2.45, 2.75) is 46.1 Å². The molecule has 1 heterocycles. The molecule has 0 aliphatic rings. The fraction of sp³-hybridized carbons (Fsp3) is 0.533. The van der Waals surface area contributed by atoms with E-state index in [-0.39, 0.29) is 35.0 Å². The maximum absolute atomic E-state index is 12.1. The van der Waals surface area contributed by atoms with Gasteiger partial charge in [-0.25, -0.2) is 4.98 Å². The molecular formula is C15H22ClN3O2. The van der Waals surface area contributed by atoms with E-state index in [1.807, 2.05) is 34.6 Å². The van der Waals surface area contributed by atoms with Gasteiger partial charge >= 0.3 is 0 Å². The van der Waals surface area contributed by atoms with Crippen LogP contribution in [-0.2, 0) is 4.79 Å². The quantitative estimate of drug-likeness (QED) is 0.839. The lowest BCUT2D eigenvalue weighted by Crippen LogP contribution is -2.45. The van der Waals surface area contributed by atoms with Crippen molar-refractivity contribution in [3.8, 4) is 0 Å². The largest absolute Gasteiger partial charge is 0.350 e. The van der Waals surface area contributed by atoms with E-state index >= 15 is 0 Å². The fourth-order valence-corrected chi connectivity index (χ4v) is 1.88. The Morgan fingerprint density at radius 2 is 1.90 bits per heavy atom. The lowest BCUT2D eigenvalue weighted by atomic mass is 10.1. The number of amides is 2. The lowest BCUT2D eigenvalue weighted by Gasteiger charge is -2.20. The van der Waals surface area contributed by atoms with E-state index in [4.69, 9.17) is 11.6 Å². The van der Waals surface area contributed by atoms with E-state index in [1.54, 1.807) is 6.07 Å². The molecule has 5 nitrogen and oxygen atoms in total. The van der Waals surface area contributed by atoms with Crippen LogP contribution in [0.1, 0.15) is 56.6 Å². The monoisotopic (exact) mass is 311 g/mol. The first kappa shape index (κ1) is 17.4. The van der Waals surface area contributed by atoms with Crippen LogP contribution in [0.4, 0.5) is 0 Å². The smallest absolute Gasteiger partial charge is 0.251 e. The normalized spacial score (nSPS) is 11.4. The molecule has 0 radical (unpaired) electrons. The minimum Gasteiger partial charge on any atom is -0.350 e. The minimum atomic E-state index is -0.342. The maximum atomic E-state index is 12.1. The highest BCUT2D eigenvalue weighted by Gasteiger charge is 2.16. The molecule has 0 aromatic carbocycles. The third-order valence-electron chi connectivity index (χ3n) is 2.59. The number of pyridine rings is 1. The molecule has 2 amide bonds. The number of carbonyl (C=O) groups is 2. The van der Waals surface area contributed by atoms with E-state index < -0.39 is 0 Å². The van der Waals surface area contributed by atoms with Gasteiger partial charge in [0.1, 0.15) is 5.15 Å². The predicted octanol–water partition coefficient (Wildman–Crippen LogP) is 2.50. The van der Waals surface area contributed by atoms with Gasteiger partial charge in [0.25, 0.3) is 5.91 Å². The van der Waals surface area contributed by atoms with Gasteiger partial charge in [-0.15, -0.1) is 0 Å². The Labute approximate surface area is 130 Å². The molecule has 6 heteroatoms. The molecule has 0 aliphatic heterocycles. The molecule has 2 N–H and O–H groups in total. The summed E-state index contributed by atoms with van der Waals surface area (Å²) in [6.07, 6.45) is 0. The molecule has 0 atom stereocenters. The molecule has 0 saturated carbocycles. The van der Waals surface area contributed by atoms with Gasteiger partial charge in [-0.3, -0.25) is 9.59 Å². The summed E-state index contributed by atoms with van der Waals surface area (Å²) < 4.78 is 0. The fourth-order valence-electron chi connectivity index (χ4n) is 1.67. The number of halogens is 1. The van der Waals surface area contributed by atoms with Gasteiger partial charge in [0.2, 0.25) is 5.91 Å². The van der Waals surface area contributed by atoms with Crippen molar-refractivity contribution in [3.63, 3.8) is 0 Å². The molecule has 1 aromatic heterocycles. The van der Waals surface area contributed by atoms with Crippen LogP contribution in [-0.4, -0.2) is 28.9 Å². The van der Waals surface area contributed by atoms with Crippen LogP contribution in [0, 0.1) is 0 Å². The Morgan fingerprint density at radius 1 is 1.29 bits per heavy atom. The molecule has 1 aromatic rings. The average molecular weight is 312 g/mol. The van der Waals surface area contributed by atoms with Crippen molar-refractivity contribution in [1.29, 1.82) is 0 Å². The van der Waals surface area contributed by atoms with Crippen molar-refractivity contribution in [3.05, 3.63) is 28.5 Å². The van der Waals surface area contributed by atoms with Crippen LogP contribution in [0.2, 0.25) is 5.15 Å². The first-order valence-electron chi connectivity index (χ1n) is 6.85. The number of rotatable bonds is 4. The predicted molar refractivity (Wildman–Crippen MR) is 83.6 cm³/mol. The number of hydrogen-bond acceptors (Lipinski definition) is 3. The summed E-state index contributed by atoms with van der Waals surface area (Å²) in [6.45, 7) is 9.50. The third-order valence-corrected chi connectivity index (χ3v) is 2.79. The molecule has 0 saturated heterocycles. The van der Waals surface area contributed by atoms with Crippen molar-refractivity contribution in [1.82, 2.24) is 15.6 Å². The zero-order chi connectivity index (χ0) is 16.2. The topological polar surface area (TPSA) is 71.1 Å². The summed E-state index contributed by atoms with van der Waals surface area (Å²) in [5.74, 6) is -0.412. The molecule has 21 heavy (non-hydrogen) atoms. The zero-order valence-corrected chi connectivity index (χ0v) is 13.8. The summed E-state index contributed by atoms with van der Waals surface area (Å²) in [7, 11) is 0. The summed E-state index contributed by atoms with van der Waals surface area (Å²) in [5.41, 5.74) is 0.820. The van der Waals surface area contributed by atoms with Gasteiger partial charge in [-0.2, -0.15) is 0 Å². The van der Waals surface area contributed by atoms with E-state index in [1.165, 1.54) is 6.07 Å². The molecule has 0 bridgehead atoms. The average Bonchev–Trinajstić information content (AvgIpc) is 2.33. The van der Waals surface area contributed by atoms with Crippen LogP contribution in [0.15, 0.2) is 12.1 Å². The third kappa shape index (κ3) is 6.12. The van der Waals surface area contributed by atoms with Crippen molar-refractivity contribution < 1.29 is 9.59 Å². The van der Waals surface area contributed by atoms with E-state index in [9.17, 15) is 9.59 Å². The van der Waals surface area contributed by atoms with Crippen LogP contribution in [0.3, 0.4) is 0 Å². The second kappa shape index (κ2) is 6.89. The van der Waals surface area contributed by atoms with Crippen molar-refractivity contribution >= 4 is 23.4 Å². The molecular weight excluding hydrogens is 290 g/mol. The van der Waals surface area contributed by atoms with Crippen LogP contribution >= 0.6 is 11.6 Å². The van der Waals surface area contributed by atoms with Crippen molar-refractivity contribution in [2.75, 3.05) is 6.54 Å². The highest BCUT2D eigenvalue weighted by Crippen LogP contribution is 2.17. The van der Waals surface area contributed by atoms with E-state index in [0.29, 0.717) is 5.56 Å². The minimum absolute atomic E-state index is 0.0763. The Kier molecular flexibility index (Phi) is 5.72. The van der Waals surface area contributed by atoms with Gasteiger partial charge < -0.3 is 10.6 Å². The Morgan fingerprint density at radius 3 is 2.43 bits per heavy atom. The molecule has 0 spiro atoms. The molecule has 0 fully saturated rings. The number of nitrogens with one attached hydrogen (secondary N) is 2. The van der Waals surface area contributed by atoms with E-state index in [2.05, 4.69) is 15.6 Å². The summed E-state index contributed by atoms with van der Waals surface area (Å²) in [4.78, 5) is 27.9. The van der Waals surface area contributed by atoms with Crippen molar-refractivity contribution in [2.24, 2.45) is 0 Å². The van der Waals surface area contributed by atoms with Gasteiger partial charge in [0, 0.05) is 16.8 Å². The lowest BCUT2D eigenvalue weighted by molar-refractivity contribution is -0.121. The van der Waals surface area contributed by atoms with Crippen LogP contribution in [0.5, 0.6) is 0 Å². The van der Waals surface area contributed by atoms with Gasteiger partial charge in [0.05, 0.1) is 6.54 Å². The number of carbonyl (C=O) groups excluding carboxylic acids is 2. The number of nitrogens with zero attached hydrogens (tertiary/aromatic N) is 1.